The Hall–Kier alpha value is -0.433. The third-order valence-electron chi connectivity index (χ3n) is 2.36. The Morgan fingerprint density at radius 2 is 1.62 bits per heavy atom. The molecule has 0 saturated carbocycles. The Morgan fingerprint density at radius 1 is 1.12 bits per heavy atom. The minimum Gasteiger partial charge on any atom is -0.458 e. The first kappa shape index (κ1) is 15.6. The molecular weight excluding hydrogens is 228 g/mol. The molecule has 1 atom stereocenters. The molecule has 0 bridgehead atoms. The van der Waals surface area contributed by atoms with Crippen LogP contribution in [0.5, 0.6) is 0 Å². The fraction of sp³-hybridized carbons (Fsp3) is 0.900. The lowest BCUT2D eigenvalue weighted by Crippen LogP contribution is -2.56. The van der Waals surface area contributed by atoms with Crippen LogP contribution < -0.4 is 0 Å². The largest absolute Gasteiger partial charge is 0.543 e. The second-order valence-electron chi connectivity index (χ2n) is 3.34. The molecule has 1 unspecified atom stereocenters. The van der Waals surface area contributed by atoms with E-state index >= 15 is 0 Å². The van der Waals surface area contributed by atoms with E-state index in [-0.39, 0.29) is 5.97 Å². The van der Waals surface area contributed by atoms with Gasteiger partial charge in [-0.05, 0) is 6.42 Å². The molecule has 5 nitrogen and oxygen atoms in total. The first-order valence-corrected chi connectivity index (χ1v) is 7.25. The second-order valence-corrected chi connectivity index (χ2v) is 6.41. The molecule has 0 rings (SSSR count). The molecule has 0 fully saturated rings. The van der Waals surface area contributed by atoms with Gasteiger partial charge in [-0.1, -0.05) is 20.3 Å². The van der Waals surface area contributed by atoms with Gasteiger partial charge in [0.05, 0.1) is 0 Å². The monoisotopic (exact) mass is 250 g/mol. The summed E-state index contributed by atoms with van der Waals surface area (Å²) in [4.78, 5) is 11.3. The highest BCUT2D eigenvalue weighted by molar-refractivity contribution is 6.62. The molecule has 0 aromatic heterocycles. The first-order valence-electron chi connectivity index (χ1n) is 5.45. The third-order valence-corrected chi connectivity index (χ3v) is 5.26. The van der Waals surface area contributed by atoms with E-state index in [1.807, 2.05) is 6.92 Å². The number of rotatable bonds is 8. The Balaban J connectivity index is 4.76. The number of esters is 1. The Bertz CT molecular complexity index is 197. The predicted octanol–water partition coefficient (Wildman–Crippen LogP) is 1.53. The second kappa shape index (κ2) is 7.78. The topological polar surface area (TPSA) is 54.0 Å². The average Bonchev–Trinajstić information content (AvgIpc) is 2.32. The molecule has 0 saturated heterocycles. The molecule has 0 radical (unpaired) electrons. The molecule has 0 aliphatic carbocycles. The Morgan fingerprint density at radius 3 is 1.94 bits per heavy atom. The molecule has 0 N–H and O–H groups in total. The molecule has 0 amide bonds. The van der Waals surface area contributed by atoms with Crippen LogP contribution >= 0.6 is 0 Å². The van der Waals surface area contributed by atoms with Gasteiger partial charge in [-0.25, -0.2) is 0 Å². The highest BCUT2D eigenvalue weighted by atomic mass is 28.4. The van der Waals surface area contributed by atoms with Crippen LogP contribution in [-0.2, 0) is 22.8 Å². The molecule has 0 aromatic rings. The van der Waals surface area contributed by atoms with E-state index in [0.29, 0.717) is 12.8 Å². The fourth-order valence-corrected chi connectivity index (χ4v) is 3.66. The van der Waals surface area contributed by atoms with E-state index in [1.165, 1.54) is 21.3 Å². The molecule has 0 aromatic carbocycles. The van der Waals surface area contributed by atoms with Gasteiger partial charge in [-0.15, -0.1) is 0 Å². The van der Waals surface area contributed by atoms with Crippen LogP contribution in [-0.4, -0.2) is 41.8 Å². The van der Waals surface area contributed by atoms with E-state index in [0.717, 1.165) is 6.42 Å². The summed E-state index contributed by atoms with van der Waals surface area (Å²) >= 11 is 0. The van der Waals surface area contributed by atoms with Crippen molar-refractivity contribution in [2.24, 2.45) is 0 Å². The van der Waals surface area contributed by atoms with Gasteiger partial charge in [0.15, 0.2) is 5.73 Å². The molecule has 96 valence electrons. The van der Waals surface area contributed by atoms with Crippen LogP contribution in [0, 0.1) is 0 Å². The van der Waals surface area contributed by atoms with Gasteiger partial charge in [0.1, 0.15) is 0 Å². The lowest BCUT2D eigenvalue weighted by Gasteiger charge is -2.31. The zero-order chi connectivity index (χ0) is 12.6. The quantitative estimate of drug-likeness (QED) is 0.483. The zero-order valence-corrected chi connectivity index (χ0v) is 11.7. The maximum atomic E-state index is 11.3. The minimum atomic E-state index is -2.89. The molecule has 0 heterocycles. The van der Waals surface area contributed by atoms with Crippen LogP contribution in [0.4, 0.5) is 0 Å². The molecule has 0 aliphatic rings. The van der Waals surface area contributed by atoms with Crippen LogP contribution in [0.3, 0.4) is 0 Å². The summed E-state index contributed by atoms with van der Waals surface area (Å²) in [7, 11) is 1.66. The summed E-state index contributed by atoms with van der Waals surface area (Å²) in [6.45, 7) is 3.76. The highest BCUT2D eigenvalue weighted by Crippen LogP contribution is 2.20. The summed E-state index contributed by atoms with van der Waals surface area (Å²) in [6.07, 6.45) is 1.88. The highest BCUT2D eigenvalue weighted by Gasteiger charge is 2.49. The smallest absolute Gasteiger partial charge is 0.458 e. The average molecular weight is 250 g/mol. The molecule has 0 spiro atoms. The van der Waals surface area contributed by atoms with Crippen LogP contribution in [0.2, 0.25) is 0 Å². The van der Waals surface area contributed by atoms with Gasteiger partial charge in [-0.2, -0.15) is 0 Å². The van der Waals surface area contributed by atoms with Crippen molar-refractivity contribution in [1.82, 2.24) is 0 Å². The first-order chi connectivity index (χ1) is 7.60. The SMILES string of the molecule is CCCC(OC(=O)CC)[Si](OC)(OC)OC. The number of hydrogen-bond acceptors (Lipinski definition) is 5. The van der Waals surface area contributed by atoms with Crippen molar-refractivity contribution in [3.05, 3.63) is 0 Å². The van der Waals surface area contributed by atoms with Gasteiger partial charge >= 0.3 is 14.8 Å². The van der Waals surface area contributed by atoms with Gasteiger partial charge in [0.25, 0.3) is 0 Å². The normalized spacial score (nSPS) is 13.6. The standard InChI is InChI=1S/C10H22O5Si/c1-6-8-10(15-9(11)7-2)16(12-3,13-4)14-5/h10H,6-8H2,1-5H3. The van der Waals surface area contributed by atoms with Crippen molar-refractivity contribution in [3.63, 3.8) is 0 Å². The van der Waals surface area contributed by atoms with E-state index < -0.39 is 14.5 Å². The van der Waals surface area contributed by atoms with Crippen molar-refractivity contribution < 1.29 is 22.8 Å². The molecule has 16 heavy (non-hydrogen) atoms. The van der Waals surface area contributed by atoms with Crippen molar-refractivity contribution in [2.75, 3.05) is 21.3 Å². The molecule has 0 aliphatic heterocycles. The van der Waals surface area contributed by atoms with E-state index in [4.69, 9.17) is 18.0 Å². The molecule has 6 heteroatoms. The number of hydrogen-bond donors (Lipinski definition) is 0. The Kier molecular flexibility index (Phi) is 7.57. The van der Waals surface area contributed by atoms with Crippen molar-refractivity contribution >= 4 is 14.8 Å². The van der Waals surface area contributed by atoms with Crippen LogP contribution in [0.25, 0.3) is 0 Å². The maximum absolute atomic E-state index is 11.3. The predicted molar refractivity (Wildman–Crippen MR) is 61.9 cm³/mol. The fourth-order valence-electron chi connectivity index (χ4n) is 1.46. The Labute approximate surface area is 98.4 Å². The van der Waals surface area contributed by atoms with Crippen LogP contribution in [0.1, 0.15) is 33.1 Å². The minimum absolute atomic E-state index is 0.263. The number of carbonyl (C=O) groups is 1. The van der Waals surface area contributed by atoms with Crippen molar-refractivity contribution in [2.45, 2.75) is 38.8 Å². The van der Waals surface area contributed by atoms with Crippen molar-refractivity contribution in [3.8, 4) is 0 Å². The lowest BCUT2D eigenvalue weighted by molar-refractivity contribution is -0.148. The number of ether oxygens (including phenoxy) is 1. The summed E-state index contributed by atoms with van der Waals surface area (Å²) in [6, 6.07) is 0. The maximum Gasteiger partial charge on any atom is 0.543 e. The summed E-state index contributed by atoms with van der Waals surface area (Å²) in [5.74, 6) is -0.263. The third kappa shape index (κ3) is 3.86. The van der Waals surface area contributed by atoms with Gasteiger partial charge in [0, 0.05) is 27.8 Å². The zero-order valence-electron chi connectivity index (χ0n) is 10.7. The van der Waals surface area contributed by atoms with E-state index in [1.54, 1.807) is 6.92 Å². The number of carbonyl (C=O) groups excluding carboxylic acids is 1. The summed E-state index contributed by atoms with van der Waals surface area (Å²) < 4.78 is 21.3. The van der Waals surface area contributed by atoms with Gasteiger partial charge < -0.3 is 18.0 Å². The van der Waals surface area contributed by atoms with E-state index in [2.05, 4.69) is 0 Å². The van der Waals surface area contributed by atoms with Crippen molar-refractivity contribution in [1.29, 1.82) is 0 Å². The summed E-state index contributed by atoms with van der Waals surface area (Å²) in [5, 5.41) is 0. The lowest BCUT2D eigenvalue weighted by atomic mass is 10.3. The van der Waals surface area contributed by atoms with Crippen LogP contribution in [0.15, 0.2) is 0 Å². The van der Waals surface area contributed by atoms with Gasteiger partial charge in [0.2, 0.25) is 0 Å². The summed E-state index contributed by atoms with van der Waals surface area (Å²) in [5.41, 5.74) is -0.426. The molecular formula is C10H22O5Si. The van der Waals surface area contributed by atoms with Gasteiger partial charge in [-0.3, -0.25) is 4.79 Å². The van der Waals surface area contributed by atoms with E-state index in [9.17, 15) is 4.79 Å².